The van der Waals surface area contributed by atoms with Crippen LogP contribution >= 0.6 is 0 Å². The van der Waals surface area contributed by atoms with Crippen molar-refractivity contribution in [3.63, 3.8) is 0 Å². The summed E-state index contributed by atoms with van der Waals surface area (Å²) < 4.78 is 85.2. The third kappa shape index (κ3) is 5.82. The number of carbonyl (C=O) groups is 2. The Morgan fingerprint density at radius 1 is 1.21 bits per heavy atom. The fourth-order valence-electron chi connectivity index (χ4n) is 4.05. The number of pyridine rings is 2. The lowest BCUT2D eigenvalue weighted by Gasteiger charge is -2.20. The maximum absolute atomic E-state index is 14.8. The molecule has 208 valence electrons. The molecule has 2 atom stereocenters. The van der Waals surface area contributed by atoms with Gasteiger partial charge in [0.1, 0.15) is 22.9 Å². The minimum Gasteiger partial charge on any atom is -0.347 e. The number of fused-ring (bicyclic) bond motifs is 1. The first-order valence-corrected chi connectivity index (χ1v) is 11.6. The van der Waals surface area contributed by atoms with E-state index in [-0.39, 0.29) is 35.9 Å². The summed E-state index contributed by atoms with van der Waals surface area (Å²) in [6.45, 7) is 2.44. The van der Waals surface area contributed by atoms with Crippen LogP contribution in [0.3, 0.4) is 0 Å². The standard InChI is InChI=1S/C24H21F6N5O4/c1-3-13(10-39-24(28,29)30)32-22(37)15-9-35(19-16(26)6-12(25)7-17(19)27)21-14(20(15)36)4-5-18(33-21)34-8-11(2)31-23(34)38/h4-7,9,11,13H,3,8,10H2,1-2H3,(H,31,38)(H,32,37)/t11-,13?/m1/s1. The van der Waals surface area contributed by atoms with Crippen LogP contribution in [0.15, 0.2) is 35.3 Å². The molecule has 3 aromatic rings. The van der Waals surface area contributed by atoms with Gasteiger partial charge in [-0.2, -0.15) is 0 Å². The summed E-state index contributed by atoms with van der Waals surface area (Å²) >= 11 is 0. The van der Waals surface area contributed by atoms with Gasteiger partial charge in [-0.15, -0.1) is 13.2 Å². The molecule has 1 fully saturated rings. The van der Waals surface area contributed by atoms with E-state index in [4.69, 9.17) is 0 Å². The van der Waals surface area contributed by atoms with Crippen molar-refractivity contribution in [2.75, 3.05) is 18.1 Å². The first-order valence-electron chi connectivity index (χ1n) is 11.6. The number of carbonyl (C=O) groups excluding carboxylic acids is 2. The van der Waals surface area contributed by atoms with Crippen LogP contribution in [0.4, 0.5) is 37.0 Å². The third-order valence-electron chi connectivity index (χ3n) is 5.93. The molecule has 0 radical (unpaired) electrons. The predicted molar refractivity (Wildman–Crippen MR) is 126 cm³/mol. The van der Waals surface area contributed by atoms with Crippen molar-refractivity contribution in [3.05, 3.63) is 63.7 Å². The number of urea groups is 1. The van der Waals surface area contributed by atoms with E-state index in [1.165, 1.54) is 24.0 Å². The zero-order valence-corrected chi connectivity index (χ0v) is 20.4. The Balaban J connectivity index is 1.87. The van der Waals surface area contributed by atoms with Gasteiger partial charge in [-0.05, 0) is 25.5 Å². The highest BCUT2D eigenvalue weighted by atomic mass is 19.4. The molecule has 15 heteroatoms. The lowest BCUT2D eigenvalue weighted by atomic mass is 10.1. The van der Waals surface area contributed by atoms with Gasteiger partial charge in [0.15, 0.2) is 17.3 Å². The van der Waals surface area contributed by atoms with Gasteiger partial charge >= 0.3 is 12.4 Å². The van der Waals surface area contributed by atoms with Crippen LogP contribution in [0.1, 0.15) is 30.6 Å². The van der Waals surface area contributed by atoms with E-state index >= 15 is 0 Å². The van der Waals surface area contributed by atoms with Gasteiger partial charge in [-0.3, -0.25) is 23.8 Å². The smallest absolute Gasteiger partial charge is 0.347 e. The van der Waals surface area contributed by atoms with Gasteiger partial charge in [-0.1, -0.05) is 6.92 Å². The molecule has 2 aromatic heterocycles. The molecule has 1 unspecified atom stereocenters. The fourth-order valence-corrected chi connectivity index (χ4v) is 4.05. The van der Waals surface area contributed by atoms with Crippen LogP contribution in [0.5, 0.6) is 0 Å². The Morgan fingerprint density at radius 3 is 2.44 bits per heavy atom. The molecular weight excluding hydrogens is 536 g/mol. The Morgan fingerprint density at radius 2 is 1.87 bits per heavy atom. The predicted octanol–water partition coefficient (Wildman–Crippen LogP) is 3.77. The molecule has 0 spiro atoms. The number of ether oxygens (including phenoxy) is 1. The van der Waals surface area contributed by atoms with E-state index in [0.29, 0.717) is 16.7 Å². The number of aromatic nitrogens is 2. The van der Waals surface area contributed by atoms with Crippen molar-refractivity contribution in [1.82, 2.24) is 20.2 Å². The average molecular weight is 557 g/mol. The molecule has 1 saturated heterocycles. The Labute approximate surface area is 216 Å². The van der Waals surface area contributed by atoms with Crippen molar-refractivity contribution >= 4 is 28.8 Å². The van der Waals surface area contributed by atoms with E-state index in [1.807, 2.05) is 0 Å². The second kappa shape index (κ2) is 10.6. The van der Waals surface area contributed by atoms with Crippen molar-refractivity contribution in [2.24, 2.45) is 0 Å². The van der Waals surface area contributed by atoms with Gasteiger partial charge in [0.25, 0.3) is 5.91 Å². The maximum Gasteiger partial charge on any atom is 0.522 e. The molecule has 0 saturated carbocycles. The number of amides is 3. The molecule has 0 bridgehead atoms. The molecule has 9 nitrogen and oxygen atoms in total. The molecule has 39 heavy (non-hydrogen) atoms. The summed E-state index contributed by atoms with van der Waals surface area (Å²) in [6, 6.07) is 1.31. The van der Waals surface area contributed by atoms with E-state index in [9.17, 15) is 40.7 Å². The average Bonchev–Trinajstić information content (AvgIpc) is 3.19. The van der Waals surface area contributed by atoms with Gasteiger partial charge in [0, 0.05) is 30.9 Å². The quantitative estimate of drug-likeness (QED) is 0.431. The van der Waals surface area contributed by atoms with E-state index < -0.39 is 65.1 Å². The molecule has 3 heterocycles. The first kappa shape index (κ1) is 27.9. The number of halogens is 6. The highest BCUT2D eigenvalue weighted by molar-refractivity contribution is 5.98. The molecule has 3 amide bonds. The number of anilines is 1. The second-order valence-corrected chi connectivity index (χ2v) is 8.80. The van der Waals surface area contributed by atoms with Crippen molar-refractivity contribution in [2.45, 2.75) is 38.7 Å². The first-order chi connectivity index (χ1) is 18.3. The van der Waals surface area contributed by atoms with Crippen LogP contribution in [0.25, 0.3) is 16.7 Å². The zero-order valence-electron chi connectivity index (χ0n) is 20.4. The number of alkyl halides is 3. The second-order valence-electron chi connectivity index (χ2n) is 8.80. The summed E-state index contributed by atoms with van der Waals surface area (Å²) in [5, 5.41) is 4.58. The van der Waals surface area contributed by atoms with E-state index in [2.05, 4.69) is 20.4 Å². The van der Waals surface area contributed by atoms with Gasteiger partial charge in [0.05, 0.1) is 18.0 Å². The minimum absolute atomic E-state index is 0.00789. The van der Waals surface area contributed by atoms with Crippen molar-refractivity contribution < 1.29 is 40.7 Å². The Bertz CT molecular complexity index is 1490. The lowest BCUT2D eigenvalue weighted by molar-refractivity contribution is -0.326. The van der Waals surface area contributed by atoms with Crippen LogP contribution in [0.2, 0.25) is 0 Å². The van der Waals surface area contributed by atoms with Crippen LogP contribution in [-0.2, 0) is 4.74 Å². The highest BCUT2D eigenvalue weighted by Crippen LogP contribution is 2.26. The van der Waals surface area contributed by atoms with E-state index in [1.54, 1.807) is 6.92 Å². The number of nitrogens with one attached hydrogen (secondary N) is 2. The Hall–Kier alpha value is -4.14. The highest BCUT2D eigenvalue weighted by Gasteiger charge is 2.32. The minimum atomic E-state index is -4.96. The summed E-state index contributed by atoms with van der Waals surface area (Å²) in [4.78, 5) is 44.0. The monoisotopic (exact) mass is 557 g/mol. The molecule has 0 aliphatic carbocycles. The van der Waals surface area contributed by atoms with Crippen LogP contribution in [0, 0.1) is 17.5 Å². The molecule has 2 N–H and O–H groups in total. The molecular formula is C24H21F6N5O4. The lowest BCUT2D eigenvalue weighted by Crippen LogP contribution is -2.41. The molecule has 1 aromatic carbocycles. The summed E-state index contributed by atoms with van der Waals surface area (Å²) in [5.41, 5.74) is -2.88. The number of hydrogen-bond acceptors (Lipinski definition) is 5. The Kier molecular flexibility index (Phi) is 7.54. The normalized spacial score (nSPS) is 16.5. The third-order valence-corrected chi connectivity index (χ3v) is 5.93. The topological polar surface area (TPSA) is 106 Å². The molecule has 4 rings (SSSR count). The summed E-state index contributed by atoms with van der Waals surface area (Å²) in [7, 11) is 0. The molecule has 1 aliphatic heterocycles. The zero-order chi connectivity index (χ0) is 28.6. The number of benzene rings is 1. The van der Waals surface area contributed by atoms with Crippen LogP contribution < -0.4 is 21.0 Å². The number of rotatable bonds is 7. The SMILES string of the molecule is CCC(COC(F)(F)F)NC(=O)c1cn(-c2c(F)cc(F)cc2F)c2nc(N3C[C@@H](C)NC3=O)ccc2c1=O. The summed E-state index contributed by atoms with van der Waals surface area (Å²) in [6.07, 6.45) is -4.22. The van der Waals surface area contributed by atoms with Crippen molar-refractivity contribution in [3.8, 4) is 5.69 Å². The number of nitrogens with zero attached hydrogens (tertiary/aromatic N) is 3. The summed E-state index contributed by atoms with van der Waals surface area (Å²) in [5.74, 6) is -5.15. The maximum atomic E-state index is 14.8. The number of hydrogen-bond donors (Lipinski definition) is 2. The van der Waals surface area contributed by atoms with Crippen molar-refractivity contribution in [1.29, 1.82) is 0 Å². The van der Waals surface area contributed by atoms with E-state index in [0.717, 1.165) is 6.20 Å². The van der Waals surface area contributed by atoms with Gasteiger partial charge < -0.3 is 10.6 Å². The van der Waals surface area contributed by atoms with Crippen LogP contribution in [-0.4, -0.2) is 53.1 Å². The van der Waals surface area contributed by atoms with Gasteiger partial charge in [0.2, 0.25) is 5.43 Å². The fraction of sp³-hybridized carbons (Fsp3) is 0.333. The van der Waals surface area contributed by atoms with Gasteiger partial charge in [-0.25, -0.2) is 22.9 Å². The largest absolute Gasteiger partial charge is 0.522 e. The molecule has 1 aliphatic rings.